The first kappa shape index (κ1) is 22.5. The second-order valence-electron chi connectivity index (χ2n) is 2.48. The molecule has 0 amide bonds. The van der Waals surface area contributed by atoms with Gasteiger partial charge >= 0.3 is 48.4 Å². The van der Waals surface area contributed by atoms with Crippen molar-refractivity contribution in [2.45, 2.75) is 39.8 Å². The number of hydrogen-bond donors (Lipinski definition) is 1. The van der Waals surface area contributed by atoms with Gasteiger partial charge in [0.05, 0.1) is 0 Å². The van der Waals surface area contributed by atoms with Crippen LogP contribution in [0.5, 0.6) is 0 Å². The molecule has 0 aliphatic carbocycles. The Morgan fingerprint density at radius 3 is 1.10 bits per heavy atom. The maximum atomic E-state index is 3.31. The van der Waals surface area contributed by atoms with E-state index in [0.717, 1.165) is 0 Å². The summed E-state index contributed by atoms with van der Waals surface area (Å²) in [6.45, 7) is 8.61. The normalized spacial score (nSPS) is 7.80. The van der Waals surface area contributed by atoms with Gasteiger partial charge in [0.15, 0.2) is 0 Å². The van der Waals surface area contributed by atoms with E-state index in [0.29, 0.717) is 12.1 Å². The summed E-state index contributed by atoms with van der Waals surface area (Å²) < 4.78 is 0. The Bertz CT molecular complexity index is 47.0. The minimum atomic E-state index is 0. The van der Waals surface area contributed by atoms with Gasteiger partial charge in [-0.2, -0.15) is 0 Å². The van der Waals surface area contributed by atoms with E-state index < -0.39 is 0 Å². The van der Waals surface area contributed by atoms with Crippen molar-refractivity contribution in [3.63, 3.8) is 0 Å². The molecule has 0 aliphatic heterocycles. The Labute approximate surface area is 98.3 Å². The van der Waals surface area contributed by atoms with Crippen LogP contribution in [-0.2, 0) is 0 Å². The van der Waals surface area contributed by atoms with Crippen LogP contribution in [0, 0.1) is 0 Å². The van der Waals surface area contributed by atoms with E-state index in [1.54, 1.807) is 0 Å². The van der Waals surface area contributed by atoms with Gasteiger partial charge in [0.25, 0.3) is 0 Å². The van der Waals surface area contributed by atoms with E-state index in [2.05, 4.69) is 33.0 Å². The van der Waals surface area contributed by atoms with Gasteiger partial charge in [0.1, 0.15) is 0 Å². The molecule has 0 rings (SSSR count). The molecule has 10 heavy (non-hydrogen) atoms. The molecular formula is C6H19LiNNaO. The molecule has 0 aromatic heterocycles. The van der Waals surface area contributed by atoms with Crippen molar-refractivity contribution in [1.29, 1.82) is 0 Å². The molecule has 0 unspecified atom stereocenters. The van der Waals surface area contributed by atoms with Crippen LogP contribution in [0.25, 0.3) is 0 Å². The van der Waals surface area contributed by atoms with Crippen LogP contribution in [0.2, 0.25) is 0 Å². The van der Waals surface area contributed by atoms with Gasteiger partial charge in [-0.05, 0) is 0 Å². The Balaban J connectivity index is -0.0000000600. The van der Waals surface area contributed by atoms with Crippen molar-refractivity contribution in [2.24, 2.45) is 0 Å². The van der Waals surface area contributed by atoms with E-state index in [-0.39, 0.29) is 53.9 Å². The average molecular weight is 151 g/mol. The summed E-state index contributed by atoms with van der Waals surface area (Å²) in [7, 11) is 0. The fourth-order valence-electron chi connectivity index (χ4n) is 0.667. The molecule has 0 aromatic carbocycles. The topological polar surface area (TPSA) is 43.5 Å². The first-order chi connectivity index (χ1) is 3.13. The SMILES string of the molecule is CC(C)NC(C)C.O.[LiH].[NaH]. The first-order valence-corrected chi connectivity index (χ1v) is 2.89. The quantitative estimate of drug-likeness (QED) is 0.519. The number of hydrogen-bond acceptors (Lipinski definition) is 1. The van der Waals surface area contributed by atoms with Crippen molar-refractivity contribution < 1.29 is 5.48 Å². The zero-order chi connectivity index (χ0) is 5.86. The molecule has 56 valence electrons. The Morgan fingerprint density at radius 1 is 0.900 bits per heavy atom. The summed E-state index contributed by atoms with van der Waals surface area (Å²) in [5.74, 6) is 0. The number of rotatable bonds is 2. The van der Waals surface area contributed by atoms with Crippen LogP contribution >= 0.6 is 0 Å². The molecule has 0 saturated heterocycles. The second kappa shape index (κ2) is 13.1. The summed E-state index contributed by atoms with van der Waals surface area (Å²) in [5.41, 5.74) is 0. The van der Waals surface area contributed by atoms with Gasteiger partial charge in [0.2, 0.25) is 0 Å². The zero-order valence-electron chi connectivity index (χ0n) is 6.15. The van der Waals surface area contributed by atoms with Gasteiger partial charge in [-0.3, -0.25) is 0 Å². The molecule has 0 aromatic rings. The van der Waals surface area contributed by atoms with Gasteiger partial charge in [0, 0.05) is 12.1 Å². The summed E-state index contributed by atoms with van der Waals surface area (Å²) >= 11 is 0. The zero-order valence-corrected chi connectivity index (χ0v) is 6.15. The van der Waals surface area contributed by atoms with E-state index in [1.165, 1.54) is 0 Å². The van der Waals surface area contributed by atoms with E-state index in [9.17, 15) is 0 Å². The molecule has 0 fully saturated rings. The minimum absolute atomic E-state index is 0. The van der Waals surface area contributed by atoms with Crippen molar-refractivity contribution in [1.82, 2.24) is 5.32 Å². The molecule has 0 saturated carbocycles. The standard InChI is InChI=1S/C6H15N.Li.Na.H2O.2H/c1-5(2)7-6(3)4;;;;;/h5-7H,1-4H3;;;1H2;;. The molecule has 0 spiro atoms. The van der Waals surface area contributed by atoms with Crippen LogP contribution in [0.1, 0.15) is 27.7 Å². The maximum absolute atomic E-state index is 3.31. The Hall–Kier alpha value is 1.52. The van der Waals surface area contributed by atoms with Crippen molar-refractivity contribution in [3.8, 4) is 0 Å². The van der Waals surface area contributed by atoms with Crippen LogP contribution in [-0.4, -0.2) is 66.0 Å². The van der Waals surface area contributed by atoms with E-state index >= 15 is 0 Å². The molecule has 4 heteroatoms. The van der Waals surface area contributed by atoms with Gasteiger partial charge < -0.3 is 10.8 Å². The monoisotopic (exact) mass is 151 g/mol. The molecule has 2 nitrogen and oxygen atoms in total. The van der Waals surface area contributed by atoms with Crippen LogP contribution < -0.4 is 5.32 Å². The first-order valence-electron chi connectivity index (χ1n) is 2.89. The average Bonchev–Trinajstić information content (AvgIpc) is 1.27. The predicted octanol–water partition coefficient (Wildman–Crippen LogP) is -0.729. The van der Waals surface area contributed by atoms with Gasteiger partial charge in [-0.15, -0.1) is 0 Å². The molecule has 3 N–H and O–H groups in total. The van der Waals surface area contributed by atoms with Crippen molar-refractivity contribution >= 4 is 48.4 Å². The van der Waals surface area contributed by atoms with Gasteiger partial charge in [-0.1, -0.05) is 27.7 Å². The van der Waals surface area contributed by atoms with Crippen LogP contribution in [0.15, 0.2) is 0 Å². The number of nitrogens with one attached hydrogen (secondary N) is 1. The van der Waals surface area contributed by atoms with Crippen molar-refractivity contribution in [2.75, 3.05) is 0 Å². The van der Waals surface area contributed by atoms with Crippen molar-refractivity contribution in [3.05, 3.63) is 0 Å². The molecule has 0 bridgehead atoms. The summed E-state index contributed by atoms with van der Waals surface area (Å²) in [5, 5.41) is 3.31. The Morgan fingerprint density at radius 2 is 1.10 bits per heavy atom. The van der Waals surface area contributed by atoms with Gasteiger partial charge in [-0.25, -0.2) is 0 Å². The van der Waals surface area contributed by atoms with E-state index in [1.807, 2.05) is 0 Å². The van der Waals surface area contributed by atoms with E-state index in [4.69, 9.17) is 0 Å². The third-order valence-corrected chi connectivity index (χ3v) is 0.667. The van der Waals surface area contributed by atoms with Crippen LogP contribution in [0.4, 0.5) is 0 Å². The molecule has 0 radical (unpaired) electrons. The summed E-state index contributed by atoms with van der Waals surface area (Å²) in [6.07, 6.45) is 0. The Kier molecular flexibility index (Phi) is 29.6. The summed E-state index contributed by atoms with van der Waals surface area (Å²) in [6, 6.07) is 1.25. The fraction of sp³-hybridized carbons (Fsp3) is 1.00. The molecule has 0 heterocycles. The third-order valence-electron chi connectivity index (χ3n) is 0.667. The molecule has 0 aliphatic rings. The molecular weight excluding hydrogens is 132 g/mol. The van der Waals surface area contributed by atoms with Crippen LogP contribution in [0.3, 0.4) is 0 Å². The fourth-order valence-corrected chi connectivity index (χ4v) is 0.667. The predicted molar refractivity (Wildman–Crippen MR) is 51.3 cm³/mol. The second-order valence-corrected chi connectivity index (χ2v) is 2.48. The third kappa shape index (κ3) is 22.7. The molecule has 0 atom stereocenters. The summed E-state index contributed by atoms with van der Waals surface area (Å²) in [4.78, 5) is 0.